The number of methoxy groups -OCH3 is 1. The Bertz CT molecular complexity index is 495. The molecule has 6 nitrogen and oxygen atoms in total. The van der Waals surface area contributed by atoms with Gasteiger partial charge in [-0.15, -0.1) is 0 Å². The lowest BCUT2D eigenvalue weighted by Gasteiger charge is -2.26. The first kappa shape index (κ1) is 15.9. The summed E-state index contributed by atoms with van der Waals surface area (Å²) in [5, 5.41) is 2.40. The Morgan fingerprint density at radius 3 is 2.60 bits per heavy atom. The lowest BCUT2D eigenvalue weighted by atomic mass is 10.0. The number of nitrogens with two attached hydrogens (primary N) is 1. The Balaban J connectivity index is 2.59. The van der Waals surface area contributed by atoms with E-state index in [1.54, 1.807) is 6.07 Å². The third kappa shape index (κ3) is 4.20. The number of rotatable bonds is 7. The third-order valence-corrected chi connectivity index (χ3v) is 2.59. The van der Waals surface area contributed by atoms with Crippen molar-refractivity contribution >= 4 is 11.8 Å². The second-order valence-electron chi connectivity index (χ2n) is 4.40. The number of hydrogen-bond acceptors (Lipinski definition) is 4. The van der Waals surface area contributed by atoms with E-state index in [1.807, 2.05) is 0 Å². The van der Waals surface area contributed by atoms with Crippen molar-refractivity contribution < 1.29 is 23.5 Å². The molecular weight excluding hydrogens is 267 g/mol. The van der Waals surface area contributed by atoms with Crippen LogP contribution in [0.1, 0.15) is 6.92 Å². The molecule has 0 bridgehead atoms. The summed E-state index contributed by atoms with van der Waals surface area (Å²) in [5.74, 6) is -1.96. The van der Waals surface area contributed by atoms with Crippen molar-refractivity contribution in [2.45, 2.75) is 12.5 Å². The zero-order valence-electron chi connectivity index (χ0n) is 11.3. The quantitative estimate of drug-likeness (QED) is 0.749. The molecule has 110 valence electrons. The van der Waals surface area contributed by atoms with E-state index in [2.05, 4.69) is 5.32 Å². The van der Waals surface area contributed by atoms with Gasteiger partial charge < -0.3 is 20.5 Å². The molecular formula is C13H17FN2O4. The zero-order chi connectivity index (χ0) is 15.2. The van der Waals surface area contributed by atoms with Crippen LogP contribution >= 0.6 is 0 Å². The van der Waals surface area contributed by atoms with Gasteiger partial charge in [-0.3, -0.25) is 9.59 Å². The largest absolute Gasteiger partial charge is 0.481 e. The molecule has 0 saturated heterocycles. The third-order valence-electron chi connectivity index (χ3n) is 2.59. The zero-order valence-corrected chi connectivity index (χ0v) is 11.3. The van der Waals surface area contributed by atoms with Crippen molar-refractivity contribution in [1.82, 2.24) is 5.32 Å². The number of para-hydroxylation sites is 1. The summed E-state index contributed by atoms with van der Waals surface area (Å²) in [6.45, 7) is 0.918. The lowest BCUT2D eigenvalue weighted by molar-refractivity contribution is -0.134. The highest BCUT2D eigenvalue weighted by atomic mass is 19.1. The molecule has 0 spiro atoms. The highest BCUT2D eigenvalue weighted by molar-refractivity contribution is 5.90. The molecule has 0 heterocycles. The van der Waals surface area contributed by atoms with E-state index in [1.165, 1.54) is 32.2 Å². The van der Waals surface area contributed by atoms with Gasteiger partial charge in [0.25, 0.3) is 5.91 Å². The number of amides is 2. The topological polar surface area (TPSA) is 90.7 Å². The van der Waals surface area contributed by atoms with Crippen LogP contribution in [0.2, 0.25) is 0 Å². The fourth-order valence-electron chi connectivity index (χ4n) is 1.51. The number of hydrogen-bond donors (Lipinski definition) is 2. The maximum atomic E-state index is 13.3. The van der Waals surface area contributed by atoms with E-state index < -0.39 is 29.8 Å². The van der Waals surface area contributed by atoms with E-state index in [0.717, 1.165) is 0 Å². The first-order valence-corrected chi connectivity index (χ1v) is 5.86. The first-order valence-electron chi connectivity index (χ1n) is 5.86. The molecule has 0 saturated carbocycles. The maximum absolute atomic E-state index is 13.3. The molecule has 1 rings (SSSR count). The van der Waals surface area contributed by atoms with Gasteiger partial charge in [-0.2, -0.15) is 0 Å². The number of benzene rings is 1. The van der Waals surface area contributed by atoms with Crippen LogP contribution in [0.3, 0.4) is 0 Å². The van der Waals surface area contributed by atoms with Gasteiger partial charge in [-0.25, -0.2) is 4.39 Å². The summed E-state index contributed by atoms with van der Waals surface area (Å²) in [7, 11) is 1.38. The summed E-state index contributed by atoms with van der Waals surface area (Å²) in [6, 6.07) is 5.69. The van der Waals surface area contributed by atoms with Crippen LogP contribution in [0.4, 0.5) is 4.39 Å². The molecule has 1 aromatic rings. The molecule has 0 aliphatic rings. The minimum atomic E-state index is -1.34. The smallest absolute Gasteiger partial charge is 0.258 e. The van der Waals surface area contributed by atoms with Gasteiger partial charge in [0, 0.05) is 7.11 Å². The summed E-state index contributed by atoms with van der Waals surface area (Å²) in [6.07, 6.45) is 0. The van der Waals surface area contributed by atoms with Crippen LogP contribution in [-0.2, 0) is 14.3 Å². The minimum absolute atomic E-state index is 0.0461. The van der Waals surface area contributed by atoms with Gasteiger partial charge in [0.05, 0.1) is 6.61 Å². The van der Waals surface area contributed by atoms with Gasteiger partial charge in [-0.05, 0) is 19.1 Å². The second kappa shape index (κ2) is 6.85. The maximum Gasteiger partial charge on any atom is 0.258 e. The predicted octanol–water partition coefficient (Wildman–Crippen LogP) is 0.211. The van der Waals surface area contributed by atoms with Crippen LogP contribution in [-0.4, -0.2) is 37.7 Å². The fraction of sp³-hybridized carbons (Fsp3) is 0.385. The fourth-order valence-corrected chi connectivity index (χ4v) is 1.51. The van der Waals surface area contributed by atoms with Crippen molar-refractivity contribution in [3.05, 3.63) is 30.1 Å². The second-order valence-corrected chi connectivity index (χ2v) is 4.40. The molecule has 3 N–H and O–H groups in total. The molecule has 1 aromatic carbocycles. The summed E-state index contributed by atoms with van der Waals surface area (Å²) < 4.78 is 23.1. The number of nitrogens with one attached hydrogen (secondary N) is 1. The lowest BCUT2D eigenvalue weighted by Crippen LogP contribution is -2.59. The van der Waals surface area contributed by atoms with E-state index in [0.29, 0.717) is 0 Å². The van der Waals surface area contributed by atoms with Crippen LogP contribution in [0, 0.1) is 5.82 Å². The van der Waals surface area contributed by atoms with Gasteiger partial charge in [0.2, 0.25) is 5.91 Å². The molecule has 0 aliphatic heterocycles. The number of halogens is 1. The Kier molecular flexibility index (Phi) is 5.45. The number of ether oxygens (including phenoxy) is 2. The summed E-state index contributed by atoms with van der Waals surface area (Å²) in [5.41, 5.74) is 3.86. The molecule has 2 amide bonds. The van der Waals surface area contributed by atoms with Crippen molar-refractivity contribution in [1.29, 1.82) is 0 Å². The van der Waals surface area contributed by atoms with Gasteiger partial charge in [0.15, 0.2) is 18.2 Å². The molecule has 0 aromatic heterocycles. The number of carbonyl (C=O) groups is 2. The van der Waals surface area contributed by atoms with E-state index in [4.69, 9.17) is 15.2 Å². The van der Waals surface area contributed by atoms with E-state index in [9.17, 15) is 14.0 Å². The standard InChI is InChI=1S/C13H17FN2O4/c1-13(8-19-2,12(15)18)16-11(17)7-20-10-6-4-3-5-9(10)14/h3-6H,7-8H2,1-2H3,(H2,15,18)(H,16,17)/t13-/m1/s1. The monoisotopic (exact) mass is 284 g/mol. The molecule has 0 aliphatic carbocycles. The highest BCUT2D eigenvalue weighted by Crippen LogP contribution is 2.15. The normalized spacial score (nSPS) is 13.3. The molecule has 0 fully saturated rings. The Labute approximate surface area is 116 Å². The van der Waals surface area contributed by atoms with Crippen LogP contribution in [0.5, 0.6) is 5.75 Å². The summed E-state index contributed by atoms with van der Waals surface area (Å²) in [4.78, 5) is 23.0. The summed E-state index contributed by atoms with van der Waals surface area (Å²) >= 11 is 0. The SMILES string of the molecule is COC[C@@](C)(NC(=O)COc1ccccc1F)C(N)=O. The van der Waals surface area contributed by atoms with E-state index in [-0.39, 0.29) is 12.4 Å². The predicted molar refractivity (Wildman–Crippen MR) is 69.5 cm³/mol. The minimum Gasteiger partial charge on any atom is -0.481 e. The number of carbonyl (C=O) groups excluding carboxylic acids is 2. The molecule has 1 atom stereocenters. The average molecular weight is 284 g/mol. The average Bonchev–Trinajstić information content (AvgIpc) is 2.38. The highest BCUT2D eigenvalue weighted by Gasteiger charge is 2.33. The van der Waals surface area contributed by atoms with Crippen LogP contribution < -0.4 is 15.8 Å². The van der Waals surface area contributed by atoms with Crippen LogP contribution in [0.25, 0.3) is 0 Å². The van der Waals surface area contributed by atoms with Crippen molar-refractivity contribution in [3.8, 4) is 5.75 Å². The van der Waals surface area contributed by atoms with Crippen molar-refractivity contribution in [3.63, 3.8) is 0 Å². The van der Waals surface area contributed by atoms with Crippen LogP contribution in [0.15, 0.2) is 24.3 Å². The number of primary amides is 1. The molecule has 0 unspecified atom stereocenters. The van der Waals surface area contributed by atoms with Gasteiger partial charge in [0.1, 0.15) is 5.54 Å². The molecule has 20 heavy (non-hydrogen) atoms. The van der Waals surface area contributed by atoms with Crippen molar-refractivity contribution in [2.24, 2.45) is 5.73 Å². The Morgan fingerprint density at radius 1 is 1.40 bits per heavy atom. The molecule has 0 radical (unpaired) electrons. The van der Waals surface area contributed by atoms with Crippen molar-refractivity contribution in [2.75, 3.05) is 20.3 Å². The Hall–Kier alpha value is -2.15. The molecule has 7 heteroatoms. The van der Waals surface area contributed by atoms with E-state index >= 15 is 0 Å². The Morgan fingerprint density at radius 2 is 2.05 bits per heavy atom. The van der Waals surface area contributed by atoms with Gasteiger partial charge in [-0.1, -0.05) is 12.1 Å². The first-order chi connectivity index (χ1) is 9.39. The van der Waals surface area contributed by atoms with Gasteiger partial charge >= 0.3 is 0 Å².